The van der Waals surface area contributed by atoms with Crippen molar-refractivity contribution in [3.05, 3.63) is 0 Å². The van der Waals surface area contributed by atoms with Crippen LogP contribution in [0.5, 0.6) is 0 Å². The summed E-state index contributed by atoms with van der Waals surface area (Å²) in [6.07, 6.45) is 0. The SMILES string of the molecule is O=P(O)(O)O.O=P(O)(O)O.O=P(O)(O)O.[CaH2].[CaH2].[CaH2].[NaH].[NaH].[NaH]. The third-order valence-corrected chi connectivity index (χ3v) is 0. The zero-order chi connectivity index (χ0) is 13.5. The first-order valence-corrected chi connectivity index (χ1v) is 7.04. The molecular weight excluding hydrogens is 474 g/mol. The molecule has 0 unspecified atom stereocenters. The van der Waals surface area contributed by atoms with E-state index in [4.69, 9.17) is 57.7 Å². The molecule has 114 valence electrons. The van der Waals surface area contributed by atoms with E-state index in [1.165, 1.54) is 0 Å². The second-order valence-electron chi connectivity index (χ2n) is 1.54. The van der Waals surface area contributed by atoms with E-state index in [2.05, 4.69) is 0 Å². The predicted octanol–water partition coefficient (Wildman–Crippen LogP) is -7.48. The van der Waals surface area contributed by atoms with Gasteiger partial charge in [-0.2, -0.15) is 0 Å². The number of rotatable bonds is 0. The van der Waals surface area contributed by atoms with Crippen molar-refractivity contribution in [1.82, 2.24) is 0 Å². The van der Waals surface area contributed by atoms with Crippen molar-refractivity contribution in [2.45, 2.75) is 0 Å². The van der Waals surface area contributed by atoms with Crippen molar-refractivity contribution in [3.8, 4) is 0 Å². The van der Waals surface area contributed by atoms with Crippen LogP contribution in [-0.4, -0.2) is 246 Å². The summed E-state index contributed by atoms with van der Waals surface area (Å²) in [7, 11) is -13.9. The first-order valence-electron chi connectivity index (χ1n) is 2.35. The monoisotopic (exact) mass is 492 g/mol. The molecule has 0 aromatic rings. The van der Waals surface area contributed by atoms with Crippen LogP contribution < -0.4 is 0 Å². The summed E-state index contributed by atoms with van der Waals surface area (Å²) >= 11 is 0. The number of hydrogen-bond donors (Lipinski definition) is 9. The van der Waals surface area contributed by atoms with E-state index < -0.39 is 23.5 Å². The minimum atomic E-state index is -4.64. The van der Waals surface area contributed by atoms with Gasteiger partial charge in [0, 0.05) is 0 Å². The van der Waals surface area contributed by atoms with Gasteiger partial charge in [0.15, 0.2) is 0 Å². The van der Waals surface area contributed by atoms with Crippen LogP contribution in [0.15, 0.2) is 0 Å². The molecule has 0 spiro atoms. The first-order chi connectivity index (χ1) is 6.00. The summed E-state index contributed by atoms with van der Waals surface area (Å²) in [4.78, 5) is 64.7. The summed E-state index contributed by atoms with van der Waals surface area (Å²) in [5.41, 5.74) is 0. The van der Waals surface area contributed by atoms with Crippen molar-refractivity contribution >= 4 is 225 Å². The Balaban J connectivity index is -0.0000000129. The van der Waals surface area contributed by atoms with Gasteiger partial charge >= 0.3 is 225 Å². The molecule has 0 aromatic carbocycles. The Hall–Kier alpha value is 7.11. The average Bonchev–Trinajstić information content (AvgIpc) is 1.41. The Morgan fingerprint density at radius 3 is 0.381 bits per heavy atom. The molecule has 0 bridgehead atoms. The number of phosphoric acid groups is 3. The van der Waals surface area contributed by atoms with Crippen molar-refractivity contribution in [1.29, 1.82) is 0 Å². The maximum absolute atomic E-state index is 8.88. The Bertz CT molecular complexity index is 221. The molecule has 0 rings (SSSR count). The van der Waals surface area contributed by atoms with Gasteiger partial charge < -0.3 is 44.0 Å². The molecule has 0 aromatic heterocycles. The molecule has 0 atom stereocenters. The summed E-state index contributed by atoms with van der Waals surface area (Å²) < 4.78 is 26.6. The second-order valence-corrected chi connectivity index (χ2v) is 4.62. The van der Waals surface area contributed by atoms with E-state index in [1.807, 2.05) is 0 Å². The van der Waals surface area contributed by atoms with E-state index in [-0.39, 0.29) is 202 Å². The van der Waals surface area contributed by atoms with Crippen LogP contribution in [-0.2, 0) is 13.7 Å². The van der Waals surface area contributed by atoms with Crippen molar-refractivity contribution in [3.63, 3.8) is 0 Å². The van der Waals surface area contributed by atoms with Crippen LogP contribution in [0, 0.1) is 0 Å². The van der Waals surface area contributed by atoms with Crippen LogP contribution in [0.4, 0.5) is 0 Å². The van der Waals surface area contributed by atoms with Crippen molar-refractivity contribution in [2.24, 2.45) is 0 Å². The van der Waals surface area contributed by atoms with Gasteiger partial charge in [0.1, 0.15) is 0 Å². The first kappa shape index (κ1) is 56.6. The normalized spacial score (nSPS) is 8.43. The average molecular weight is 492 g/mol. The van der Waals surface area contributed by atoms with Gasteiger partial charge in [0.2, 0.25) is 0 Å². The maximum atomic E-state index is 8.88. The Morgan fingerprint density at radius 2 is 0.381 bits per heavy atom. The topological polar surface area (TPSA) is 233 Å². The van der Waals surface area contributed by atoms with E-state index in [0.29, 0.717) is 0 Å². The quantitative estimate of drug-likeness (QED) is 0.113. The van der Waals surface area contributed by atoms with Crippen LogP contribution in [0.3, 0.4) is 0 Å². The Kier molecular flexibility index (Phi) is 79.0. The van der Waals surface area contributed by atoms with E-state index in [9.17, 15) is 0 Å². The molecule has 0 amide bonds. The molecule has 21 heavy (non-hydrogen) atoms. The van der Waals surface area contributed by atoms with Crippen LogP contribution in [0.2, 0.25) is 0 Å². The van der Waals surface area contributed by atoms with Gasteiger partial charge in [0.25, 0.3) is 0 Å². The molecule has 12 nitrogen and oxygen atoms in total. The van der Waals surface area contributed by atoms with Gasteiger partial charge in [-0.25, -0.2) is 13.7 Å². The summed E-state index contributed by atoms with van der Waals surface area (Å²) in [6.45, 7) is 0. The zero-order valence-electron chi connectivity index (χ0n) is 6.59. The molecule has 21 heteroatoms. The molecular formula is H18Ca3Na3O12P3. The van der Waals surface area contributed by atoms with E-state index in [1.54, 1.807) is 0 Å². The van der Waals surface area contributed by atoms with Gasteiger partial charge in [-0.1, -0.05) is 0 Å². The fourth-order valence-electron chi connectivity index (χ4n) is 0. The molecule has 9 N–H and O–H groups in total. The molecule has 0 aliphatic rings. The Morgan fingerprint density at radius 1 is 0.381 bits per heavy atom. The van der Waals surface area contributed by atoms with Gasteiger partial charge in [-0.15, -0.1) is 0 Å². The molecule has 0 radical (unpaired) electrons. The summed E-state index contributed by atoms with van der Waals surface area (Å²) in [6, 6.07) is 0. The third-order valence-electron chi connectivity index (χ3n) is 0. The standard InChI is InChI=1S/3Ca.3Na.3H3O4P.9H/c;;;;;;3*1-5(2,3)4;;;;;;;;;/h;;;;;;3*(H3,1,2,3,4);;;;;;;;;. The molecule has 0 aliphatic carbocycles. The fourth-order valence-corrected chi connectivity index (χ4v) is 0. The van der Waals surface area contributed by atoms with Crippen LogP contribution >= 0.6 is 23.5 Å². The molecule has 0 saturated carbocycles. The van der Waals surface area contributed by atoms with Crippen molar-refractivity contribution < 1.29 is 57.7 Å². The van der Waals surface area contributed by atoms with E-state index >= 15 is 0 Å². The second kappa shape index (κ2) is 29.3. The van der Waals surface area contributed by atoms with Crippen molar-refractivity contribution in [2.75, 3.05) is 0 Å². The minimum absolute atomic E-state index is 0. The Labute approximate surface area is 276 Å². The van der Waals surface area contributed by atoms with Gasteiger partial charge in [-0.05, 0) is 0 Å². The zero-order valence-corrected chi connectivity index (χ0v) is 9.27. The predicted molar refractivity (Wildman–Crippen MR) is 89.9 cm³/mol. The summed E-state index contributed by atoms with van der Waals surface area (Å²) in [5, 5.41) is 0. The number of hydrogen-bond acceptors (Lipinski definition) is 3. The summed E-state index contributed by atoms with van der Waals surface area (Å²) in [5.74, 6) is 0. The molecule has 0 aliphatic heterocycles. The van der Waals surface area contributed by atoms with Gasteiger partial charge in [0.05, 0.1) is 0 Å². The van der Waals surface area contributed by atoms with E-state index in [0.717, 1.165) is 0 Å². The third kappa shape index (κ3) is 338. The molecule has 0 fully saturated rings. The molecule has 0 saturated heterocycles. The fraction of sp³-hybridized carbons (Fsp3) is 0. The molecule has 0 heterocycles. The van der Waals surface area contributed by atoms with Crippen LogP contribution in [0.25, 0.3) is 0 Å². The van der Waals surface area contributed by atoms with Gasteiger partial charge in [-0.3, -0.25) is 0 Å². The van der Waals surface area contributed by atoms with Crippen LogP contribution in [0.1, 0.15) is 0 Å².